The predicted octanol–water partition coefficient (Wildman–Crippen LogP) is 6.51. The monoisotopic (exact) mass is 349 g/mol. The van der Waals surface area contributed by atoms with Gasteiger partial charge in [0.2, 0.25) is 0 Å². The maximum absolute atomic E-state index is 9.36. The highest BCUT2D eigenvalue weighted by atomic mass is 16.3. The van der Waals surface area contributed by atoms with Gasteiger partial charge in [0.25, 0.3) is 0 Å². The van der Waals surface area contributed by atoms with Gasteiger partial charge in [0, 0.05) is 17.7 Å². The number of nitrogens with one attached hydrogen (secondary N) is 1. The highest BCUT2D eigenvalue weighted by molar-refractivity contribution is 5.15. The molecule has 1 atom stereocenters. The van der Waals surface area contributed by atoms with E-state index in [1.807, 2.05) is 0 Å². The van der Waals surface area contributed by atoms with Crippen LogP contribution in [-0.4, -0.2) is 18.3 Å². The fraction of sp³-hybridized carbons (Fsp3) is 0.826. The number of aliphatic hydroxyl groups is 1. The number of allylic oxidation sites excluding steroid dienone is 3. The first-order valence-corrected chi connectivity index (χ1v) is 10.9. The number of rotatable bonds is 16. The van der Waals surface area contributed by atoms with E-state index in [0.29, 0.717) is 0 Å². The normalized spacial score (nSPS) is 20.2. The molecule has 0 saturated carbocycles. The molecule has 0 fully saturated rings. The smallest absolute Gasteiger partial charge is 0.0537 e. The lowest BCUT2D eigenvalue weighted by molar-refractivity contribution is 0.192. The van der Waals surface area contributed by atoms with Crippen LogP contribution in [-0.2, 0) is 0 Å². The minimum Gasteiger partial charge on any atom is -0.395 e. The van der Waals surface area contributed by atoms with Gasteiger partial charge in [0.15, 0.2) is 0 Å². The molecule has 25 heavy (non-hydrogen) atoms. The molecule has 1 aliphatic rings. The molecule has 2 N–H and O–H groups in total. The van der Waals surface area contributed by atoms with Crippen molar-refractivity contribution in [2.24, 2.45) is 5.41 Å². The van der Waals surface area contributed by atoms with E-state index in [1.165, 1.54) is 89.2 Å². The zero-order valence-electron chi connectivity index (χ0n) is 17.0. The standard InChI is InChI=1S/C23H43NO/c1-3-4-5-6-7-8-9-10-11-12-13-14-15-16-17-18-22-19-23(2,21-25)20-24-22/h10-11,19,24-25H,3-9,12-18,20-21H2,1-2H3/b11-10+. The Morgan fingerprint density at radius 3 is 2.04 bits per heavy atom. The van der Waals surface area contributed by atoms with E-state index in [0.717, 1.165) is 13.0 Å². The Morgan fingerprint density at radius 2 is 1.48 bits per heavy atom. The molecule has 0 radical (unpaired) electrons. The Balaban J connectivity index is 1.83. The highest BCUT2D eigenvalue weighted by Gasteiger charge is 2.26. The van der Waals surface area contributed by atoms with Crippen molar-refractivity contribution in [3.8, 4) is 0 Å². The van der Waals surface area contributed by atoms with Crippen LogP contribution in [0, 0.1) is 5.41 Å². The van der Waals surface area contributed by atoms with Gasteiger partial charge in [-0.15, -0.1) is 0 Å². The second-order valence-electron chi connectivity index (χ2n) is 8.17. The molecule has 0 spiro atoms. The molecule has 0 bridgehead atoms. The van der Waals surface area contributed by atoms with Gasteiger partial charge in [0.1, 0.15) is 0 Å². The third-order valence-electron chi connectivity index (χ3n) is 5.31. The molecule has 0 aromatic heterocycles. The second kappa shape index (κ2) is 14.4. The van der Waals surface area contributed by atoms with E-state index in [1.54, 1.807) is 0 Å². The van der Waals surface area contributed by atoms with Crippen molar-refractivity contribution in [1.29, 1.82) is 0 Å². The molecule has 2 nitrogen and oxygen atoms in total. The molecule has 2 heteroatoms. The van der Waals surface area contributed by atoms with E-state index in [9.17, 15) is 5.11 Å². The highest BCUT2D eigenvalue weighted by Crippen LogP contribution is 2.26. The topological polar surface area (TPSA) is 32.3 Å². The van der Waals surface area contributed by atoms with Crippen molar-refractivity contribution in [1.82, 2.24) is 5.32 Å². The lowest BCUT2D eigenvalue weighted by atomic mass is 9.93. The Hall–Kier alpha value is -0.760. The molecule has 0 saturated heterocycles. The molecule has 146 valence electrons. The van der Waals surface area contributed by atoms with E-state index >= 15 is 0 Å². The fourth-order valence-corrected chi connectivity index (χ4v) is 3.49. The van der Waals surface area contributed by atoms with Crippen LogP contribution in [0.5, 0.6) is 0 Å². The van der Waals surface area contributed by atoms with Crippen LogP contribution < -0.4 is 5.32 Å². The average molecular weight is 350 g/mol. The average Bonchev–Trinajstić information content (AvgIpc) is 3.00. The van der Waals surface area contributed by atoms with E-state index in [-0.39, 0.29) is 12.0 Å². The lowest BCUT2D eigenvalue weighted by Gasteiger charge is -2.15. The van der Waals surface area contributed by atoms with Gasteiger partial charge < -0.3 is 10.4 Å². The molecule has 1 unspecified atom stereocenters. The van der Waals surface area contributed by atoms with Gasteiger partial charge in [-0.1, -0.05) is 83.4 Å². The number of hydrogen-bond acceptors (Lipinski definition) is 2. The van der Waals surface area contributed by atoms with Gasteiger partial charge >= 0.3 is 0 Å². The van der Waals surface area contributed by atoms with Crippen LogP contribution >= 0.6 is 0 Å². The summed E-state index contributed by atoms with van der Waals surface area (Å²) in [6.07, 6.45) is 25.8. The number of unbranched alkanes of at least 4 members (excludes halogenated alkanes) is 11. The van der Waals surface area contributed by atoms with Crippen LogP contribution in [0.1, 0.15) is 104 Å². The van der Waals surface area contributed by atoms with Gasteiger partial charge in [-0.3, -0.25) is 0 Å². The largest absolute Gasteiger partial charge is 0.395 e. The Labute approximate surface area is 157 Å². The molecule has 1 rings (SSSR count). The predicted molar refractivity (Wildman–Crippen MR) is 111 cm³/mol. The Kier molecular flexibility index (Phi) is 12.8. The summed E-state index contributed by atoms with van der Waals surface area (Å²) in [6.45, 7) is 5.54. The third kappa shape index (κ3) is 11.5. The zero-order chi connectivity index (χ0) is 18.2. The zero-order valence-corrected chi connectivity index (χ0v) is 17.0. The van der Waals surface area contributed by atoms with Crippen molar-refractivity contribution in [2.75, 3.05) is 13.2 Å². The van der Waals surface area contributed by atoms with E-state index in [2.05, 4.69) is 37.4 Å². The first-order chi connectivity index (χ1) is 12.2. The summed E-state index contributed by atoms with van der Waals surface area (Å²) in [5.74, 6) is 0. The minimum absolute atomic E-state index is 0.0306. The molecule has 0 amide bonds. The van der Waals surface area contributed by atoms with Crippen molar-refractivity contribution in [2.45, 2.75) is 104 Å². The summed E-state index contributed by atoms with van der Waals surface area (Å²) in [6, 6.07) is 0. The molecular formula is C23H43NO. The first kappa shape index (κ1) is 22.3. The van der Waals surface area contributed by atoms with Crippen molar-refractivity contribution >= 4 is 0 Å². The van der Waals surface area contributed by atoms with Gasteiger partial charge in [0.05, 0.1) is 6.61 Å². The summed E-state index contributed by atoms with van der Waals surface area (Å²) in [5, 5.41) is 12.8. The number of aliphatic hydroxyl groups excluding tert-OH is 1. The minimum atomic E-state index is -0.0306. The summed E-state index contributed by atoms with van der Waals surface area (Å²) < 4.78 is 0. The van der Waals surface area contributed by atoms with Crippen LogP contribution in [0.2, 0.25) is 0 Å². The first-order valence-electron chi connectivity index (χ1n) is 10.9. The third-order valence-corrected chi connectivity index (χ3v) is 5.31. The maximum atomic E-state index is 9.36. The van der Waals surface area contributed by atoms with Gasteiger partial charge in [-0.2, -0.15) is 0 Å². The van der Waals surface area contributed by atoms with Crippen molar-refractivity contribution in [3.63, 3.8) is 0 Å². The Morgan fingerprint density at radius 1 is 0.920 bits per heavy atom. The van der Waals surface area contributed by atoms with Crippen LogP contribution in [0.25, 0.3) is 0 Å². The molecular weight excluding hydrogens is 306 g/mol. The fourth-order valence-electron chi connectivity index (χ4n) is 3.49. The lowest BCUT2D eigenvalue weighted by Crippen LogP contribution is -2.25. The van der Waals surface area contributed by atoms with Crippen molar-refractivity contribution < 1.29 is 5.11 Å². The summed E-state index contributed by atoms with van der Waals surface area (Å²) in [4.78, 5) is 0. The number of hydrogen-bond donors (Lipinski definition) is 2. The molecule has 0 aromatic rings. The van der Waals surface area contributed by atoms with E-state index in [4.69, 9.17) is 0 Å². The maximum Gasteiger partial charge on any atom is 0.0537 e. The SMILES string of the molecule is CCCCCCCC/C=C/CCCCCCCC1=CC(C)(CO)CN1. The Bertz CT molecular complexity index is 374. The molecule has 1 aliphatic heterocycles. The molecule has 0 aliphatic carbocycles. The van der Waals surface area contributed by atoms with Crippen molar-refractivity contribution in [3.05, 3.63) is 23.9 Å². The quantitative estimate of drug-likeness (QED) is 0.246. The summed E-state index contributed by atoms with van der Waals surface area (Å²) in [7, 11) is 0. The van der Waals surface area contributed by atoms with Gasteiger partial charge in [-0.25, -0.2) is 0 Å². The van der Waals surface area contributed by atoms with Crippen LogP contribution in [0.4, 0.5) is 0 Å². The van der Waals surface area contributed by atoms with Gasteiger partial charge in [-0.05, 0) is 38.5 Å². The molecule has 0 aromatic carbocycles. The van der Waals surface area contributed by atoms with Crippen LogP contribution in [0.15, 0.2) is 23.9 Å². The second-order valence-corrected chi connectivity index (χ2v) is 8.17. The van der Waals surface area contributed by atoms with E-state index < -0.39 is 0 Å². The van der Waals surface area contributed by atoms with Crippen LogP contribution in [0.3, 0.4) is 0 Å². The summed E-state index contributed by atoms with van der Waals surface area (Å²) >= 11 is 0. The molecule has 1 heterocycles. The summed E-state index contributed by atoms with van der Waals surface area (Å²) in [5.41, 5.74) is 1.31.